The molecule has 1 rings (SSSR count). The van der Waals surface area contributed by atoms with Crippen LogP contribution in [0.25, 0.3) is 0 Å². The van der Waals surface area contributed by atoms with Crippen LogP contribution in [0.15, 0.2) is 0 Å². The lowest BCUT2D eigenvalue weighted by Gasteiger charge is -2.15. The molecule has 1 amide bonds. The summed E-state index contributed by atoms with van der Waals surface area (Å²) < 4.78 is 0. The Morgan fingerprint density at radius 1 is 1.67 bits per heavy atom. The number of rotatable bonds is 2. The second kappa shape index (κ2) is 3.25. The summed E-state index contributed by atoms with van der Waals surface area (Å²) in [5.41, 5.74) is 0. The van der Waals surface area contributed by atoms with E-state index in [1.165, 1.54) is 0 Å². The molecular weight excluding hydrogens is 154 g/mol. The highest BCUT2D eigenvalue weighted by atomic mass is 16.2. The van der Waals surface area contributed by atoms with Gasteiger partial charge in [-0.25, -0.2) is 0 Å². The van der Waals surface area contributed by atoms with Crippen molar-refractivity contribution in [2.75, 3.05) is 7.05 Å². The molecule has 0 N–H and O–H groups in total. The van der Waals surface area contributed by atoms with Crippen LogP contribution in [-0.2, 0) is 9.59 Å². The van der Waals surface area contributed by atoms with Crippen LogP contribution < -0.4 is 0 Å². The van der Waals surface area contributed by atoms with Gasteiger partial charge in [0.25, 0.3) is 0 Å². The lowest BCUT2D eigenvalue weighted by molar-refractivity contribution is -0.134. The van der Waals surface area contributed by atoms with Gasteiger partial charge in [-0.2, -0.15) is 0 Å². The van der Waals surface area contributed by atoms with Crippen molar-refractivity contribution in [3.63, 3.8) is 0 Å². The second-order valence-corrected chi connectivity index (χ2v) is 3.42. The van der Waals surface area contributed by atoms with E-state index in [2.05, 4.69) is 0 Å². The van der Waals surface area contributed by atoms with E-state index >= 15 is 0 Å². The predicted octanol–water partition coefficient (Wildman–Crippen LogP) is 0.832. The topological polar surface area (TPSA) is 37.4 Å². The number of likely N-dealkylation sites (N-methyl/N-ethyl adjacent to an activating group) is 1. The first-order valence-corrected chi connectivity index (χ1v) is 4.35. The molecule has 2 atom stereocenters. The van der Waals surface area contributed by atoms with E-state index in [0.717, 1.165) is 6.42 Å². The fraction of sp³-hybridized carbons (Fsp3) is 0.778. The SMILES string of the molecule is CC[C@@H]1C[C@@H](C(C)=O)N(C)C1=O. The van der Waals surface area contributed by atoms with Gasteiger partial charge in [-0.05, 0) is 19.8 Å². The van der Waals surface area contributed by atoms with Crippen molar-refractivity contribution in [2.24, 2.45) is 5.92 Å². The fourth-order valence-electron chi connectivity index (χ4n) is 1.75. The quantitative estimate of drug-likeness (QED) is 0.614. The minimum Gasteiger partial charge on any atom is -0.335 e. The van der Waals surface area contributed by atoms with Gasteiger partial charge in [-0.15, -0.1) is 0 Å². The van der Waals surface area contributed by atoms with Crippen molar-refractivity contribution in [2.45, 2.75) is 32.7 Å². The Bertz CT molecular complexity index is 213. The maximum atomic E-state index is 11.4. The number of likely N-dealkylation sites (tertiary alicyclic amines) is 1. The summed E-state index contributed by atoms with van der Waals surface area (Å²) in [4.78, 5) is 24.1. The summed E-state index contributed by atoms with van der Waals surface area (Å²) in [7, 11) is 1.71. The third-order valence-electron chi connectivity index (χ3n) is 2.63. The van der Waals surface area contributed by atoms with E-state index < -0.39 is 0 Å². The maximum absolute atomic E-state index is 11.4. The van der Waals surface area contributed by atoms with Crippen LogP contribution in [0.4, 0.5) is 0 Å². The summed E-state index contributed by atoms with van der Waals surface area (Å²) in [5.74, 6) is 0.295. The number of hydrogen-bond donors (Lipinski definition) is 0. The molecule has 3 heteroatoms. The van der Waals surface area contributed by atoms with Crippen LogP contribution in [0.3, 0.4) is 0 Å². The van der Waals surface area contributed by atoms with Gasteiger partial charge in [0.1, 0.15) is 0 Å². The second-order valence-electron chi connectivity index (χ2n) is 3.42. The van der Waals surface area contributed by atoms with Crippen molar-refractivity contribution in [1.82, 2.24) is 4.90 Å². The van der Waals surface area contributed by atoms with E-state index in [-0.39, 0.29) is 23.7 Å². The van der Waals surface area contributed by atoms with E-state index in [4.69, 9.17) is 0 Å². The molecular formula is C9H15NO2. The summed E-state index contributed by atoms with van der Waals surface area (Å²) in [5, 5.41) is 0. The number of amides is 1. The predicted molar refractivity (Wildman–Crippen MR) is 45.6 cm³/mol. The molecule has 0 aromatic heterocycles. The van der Waals surface area contributed by atoms with Gasteiger partial charge in [-0.1, -0.05) is 6.92 Å². The molecule has 0 aliphatic carbocycles. The van der Waals surface area contributed by atoms with Crippen LogP contribution in [0.5, 0.6) is 0 Å². The summed E-state index contributed by atoms with van der Waals surface area (Å²) in [6.45, 7) is 3.53. The zero-order valence-electron chi connectivity index (χ0n) is 7.83. The molecule has 68 valence electrons. The highest BCUT2D eigenvalue weighted by Gasteiger charge is 2.37. The molecule has 0 aromatic rings. The van der Waals surface area contributed by atoms with Crippen LogP contribution in [-0.4, -0.2) is 29.7 Å². The first-order chi connectivity index (χ1) is 5.57. The van der Waals surface area contributed by atoms with Crippen molar-refractivity contribution in [3.8, 4) is 0 Å². The molecule has 0 unspecified atom stereocenters. The average Bonchev–Trinajstić information content (AvgIpc) is 2.30. The molecule has 0 spiro atoms. The molecule has 1 heterocycles. The molecule has 1 aliphatic heterocycles. The Hall–Kier alpha value is -0.860. The zero-order valence-corrected chi connectivity index (χ0v) is 7.83. The largest absolute Gasteiger partial charge is 0.335 e. The summed E-state index contributed by atoms with van der Waals surface area (Å²) in [6, 6.07) is -0.164. The normalized spacial score (nSPS) is 29.6. The number of hydrogen-bond acceptors (Lipinski definition) is 2. The third-order valence-corrected chi connectivity index (χ3v) is 2.63. The van der Waals surface area contributed by atoms with Gasteiger partial charge < -0.3 is 4.90 Å². The maximum Gasteiger partial charge on any atom is 0.226 e. The van der Waals surface area contributed by atoms with Crippen LogP contribution in [0, 0.1) is 5.92 Å². The molecule has 0 aromatic carbocycles. The van der Waals surface area contributed by atoms with Crippen molar-refractivity contribution in [1.29, 1.82) is 0 Å². The Labute approximate surface area is 72.7 Å². The molecule has 0 bridgehead atoms. The lowest BCUT2D eigenvalue weighted by Crippen LogP contribution is -2.34. The third kappa shape index (κ3) is 1.36. The van der Waals surface area contributed by atoms with Gasteiger partial charge in [0.15, 0.2) is 5.78 Å². The zero-order chi connectivity index (χ0) is 9.30. The minimum atomic E-state index is -0.164. The Balaban J connectivity index is 2.73. The van der Waals surface area contributed by atoms with Crippen molar-refractivity contribution in [3.05, 3.63) is 0 Å². The molecule has 1 fully saturated rings. The van der Waals surface area contributed by atoms with Gasteiger partial charge in [0.05, 0.1) is 6.04 Å². The van der Waals surface area contributed by atoms with E-state index in [1.54, 1.807) is 18.9 Å². The van der Waals surface area contributed by atoms with E-state index in [1.807, 2.05) is 6.92 Å². The summed E-state index contributed by atoms with van der Waals surface area (Å²) >= 11 is 0. The van der Waals surface area contributed by atoms with Crippen LogP contribution in [0.2, 0.25) is 0 Å². The Kier molecular flexibility index (Phi) is 2.50. The first kappa shape index (κ1) is 9.23. The van der Waals surface area contributed by atoms with Gasteiger partial charge in [-0.3, -0.25) is 9.59 Å². The molecule has 3 nitrogen and oxygen atoms in total. The monoisotopic (exact) mass is 169 g/mol. The average molecular weight is 169 g/mol. The molecule has 1 saturated heterocycles. The molecule has 0 saturated carbocycles. The van der Waals surface area contributed by atoms with Crippen LogP contribution >= 0.6 is 0 Å². The summed E-state index contributed by atoms with van der Waals surface area (Å²) in [6.07, 6.45) is 1.55. The van der Waals surface area contributed by atoms with Crippen LogP contribution in [0.1, 0.15) is 26.7 Å². The molecule has 12 heavy (non-hydrogen) atoms. The Morgan fingerprint density at radius 2 is 2.25 bits per heavy atom. The smallest absolute Gasteiger partial charge is 0.226 e. The number of carbonyl (C=O) groups is 2. The van der Waals surface area contributed by atoms with E-state index in [9.17, 15) is 9.59 Å². The minimum absolute atomic E-state index is 0.0731. The van der Waals surface area contributed by atoms with Crippen molar-refractivity contribution >= 4 is 11.7 Å². The fourth-order valence-corrected chi connectivity index (χ4v) is 1.75. The van der Waals surface area contributed by atoms with Crippen molar-refractivity contribution < 1.29 is 9.59 Å². The highest BCUT2D eigenvalue weighted by Crippen LogP contribution is 2.25. The highest BCUT2D eigenvalue weighted by molar-refractivity contribution is 5.91. The van der Waals surface area contributed by atoms with E-state index in [0.29, 0.717) is 6.42 Å². The standard InChI is InChI=1S/C9H15NO2/c1-4-7-5-8(6(2)11)10(3)9(7)12/h7-8H,4-5H2,1-3H3/t7-,8+/m1/s1. The number of Topliss-reactive ketones (excluding diaryl/α,β-unsaturated/α-hetero) is 1. The van der Waals surface area contributed by atoms with Gasteiger partial charge >= 0.3 is 0 Å². The number of nitrogens with zero attached hydrogens (tertiary/aromatic N) is 1. The molecule has 1 aliphatic rings. The van der Waals surface area contributed by atoms with Gasteiger partial charge in [0.2, 0.25) is 5.91 Å². The Morgan fingerprint density at radius 3 is 2.50 bits per heavy atom. The lowest BCUT2D eigenvalue weighted by atomic mass is 10.0. The first-order valence-electron chi connectivity index (χ1n) is 4.35. The number of ketones is 1. The van der Waals surface area contributed by atoms with Gasteiger partial charge in [0, 0.05) is 13.0 Å². The molecule has 0 radical (unpaired) electrons. The number of carbonyl (C=O) groups excluding carboxylic acids is 2.